The number of nitrogens with one attached hydrogen (secondary N) is 1. The third-order valence-electron chi connectivity index (χ3n) is 6.01. The van der Waals surface area contributed by atoms with Crippen LogP contribution in [0.1, 0.15) is 38.1 Å². The van der Waals surface area contributed by atoms with Crippen molar-refractivity contribution in [1.29, 1.82) is 0 Å². The van der Waals surface area contributed by atoms with E-state index >= 15 is 0 Å². The molecule has 0 bridgehead atoms. The van der Waals surface area contributed by atoms with E-state index in [9.17, 15) is 9.59 Å². The van der Waals surface area contributed by atoms with Gasteiger partial charge in [-0.25, -0.2) is 0 Å². The van der Waals surface area contributed by atoms with Gasteiger partial charge in [-0.3, -0.25) is 19.5 Å². The first kappa shape index (κ1) is 25.8. The number of amides is 2. The van der Waals surface area contributed by atoms with E-state index in [4.69, 9.17) is 4.42 Å². The molecular weight excluding hydrogens is 494 g/mol. The maximum absolute atomic E-state index is 14.2. The highest BCUT2D eigenvalue weighted by Gasteiger charge is 2.35. The third-order valence-corrected chi connectivity index (χ3v) is 6.01. The van der Waals surface area contributed by atoms with E-state index in [1.54, 1.807) is 36.7 Å². The van der Waals surface area contributed by atoms with Crippen LogP contribution in [0.15, 0.2) is 83.5 Å². The largest absolute Gasteiger partial charge is 0.458 e. The zero-order valence-corrected chi connectivity index (χ0v) is 22.2. The van der Waals surface area contributed by atoms with Crippen LogP contribution in [0.2, 0.25) is 0 Å². The number of benzene rings is 2. The van der Waals surface area contributed by atoms with Gasteiger partial charge in [0.05, 0.1) is 5.69 Å². The van der Waals surface area contributed by atoms with Crippen LogP contribution in [-0.4, -0.2) is 42.5 Å². The van der Waals surface area contributed by atoms with E-state index in [1.165, 1.54) is 9.70 Å². The second-order valence-corrected chi connectivity index (χ2v) is 10.2. The van der Waals surface area contributed by atoms with Crippen LogP contribution in [0.3, 0.4) is 0 Å². The van der Waals surface area contributed by atoms with Crippen LogP contribution in [0, 0.1) is 6.92 Å². The van der Waals surface area contributed by atoms with E-state index < -0.39 is 17.5 Å². The number of carbonyl (C=O) groups excluding carboxylic acids is 2. The van der Waals surface area contributed by atoms with Crippen molar-refractivity contribution in [2.45, 2.75) is 45.8 Å². The molecule has 0 radical (unpaired) electrons. The van der Waals surface area contributed by atoms with Gasteiger partial charge in [-0.05, 0) is 74.2 Å². The van der Waals surface area contributed by atoms with Crippen LogP contribution < -0.4 is 10.2 Å². The first-order valence-corrected chi connectivity index (χ1v) is 12.6. The number of hydrogen-bond donors (Lipinski definition) is 1. The Morgan fingerprint density at radius 3 is 2.46 bits per heavy atom. The number of anilines is 1. The average Bonchev–Trinajstić information content (AvgIpc) is 3.55. The van der Waals surface area contributed by atoms with E-state index in [-0.39, 0.29) is 18.3 Å². The summed E-state index contributed by atoms with van der Waals surface area (Å²) in [5.41, 5.74) is 0.677. The third kappa shape index (κ3) is 5.69. The predicted molar refractivity (Wildman–Crippen MR) is 147 cm³/mol. The molecule has 0 saturated heterocycles. The maximum Gasteiger partial charge on any atom is 0.251 e. The highest BCUT2D eigenvalue weighted by atomic mass is 16.3. The predicted octanol–water partition coefficient (Wildman–Crippen LogP) is 4.48. The van der Waals surface area contributed by atoms with Gasteiger partial charge in [0.15, 0.2) is 5.76 Å². The lowest BCUT2D eigenvalue weighted by atomic mass is 10.00. The maximum atomic E-state index is 14.2. The molecule has 0 aliphatic heterocycles. The minimum Gasteiger partial charge on any atom is -0.458 e. The molecule has 0 fully saturated rings. The molecule has 5 aromatic rings. The standard InChI is InChI=1S/C29H29N7O3/c1-19-12-13-24(39-19)27-32-34-35(33-27)18-25(37)36(23-11-7-9-20-8-5-6-10-22(20)23)26(21-14-16-30-17-15-21)28(38)31-29(2,3)4/h5-17,26H,18H2,1-4H3,(H,31,38). The molecule has 1 unspecified atom stereocenters. The summed E-state index contributed by atoms with van der Waals surface area (Å²) in [5, 5.41) is 17.3. The Kier molecular flexibility index (Phi) is 6.93. The second kappa shape index (κ2) is 10.5. The number of aromatic nitrogens is 5. The number of tetrazole rings is 1. The smallest absolute Gasteiger partial charge is 0.251 e. The minimum absolute atomic E-state index is 0.250. The number of rotatable bonds is 7. The van der Waals surface area contributed by atoms with Crippen molar-refractivity contribution in [1.82, 2.24) is 30.5 Å². The number of fused-ring (bicyclic) bond motifs is 1. The van der Waals surface area contributed by atoms with Crippen LogP contribution in [0.5, 0.6) is 0 Å². The van der Waals surface area contributed by atoms with Gasteiger partial charge in [-0.15, -0.1) is 10.2 Å². The topological polar surface area (TPSA) is 119 Å². The monoisotopic (exact) mass is 523 g/mol. The number of hydrogen-bond acceptors (Lipinski definition) is 7. The second-order valence-electron chi connectivity index (χ2n) is 10.2. The Hall–Kier alpha value is -4.86. The van der Waals surface area contributed by atoms with Gasteiger partial charge < -0.3 is 9.73 Å². The summed E-state index contributed by atoms with van der Waals surface area (Å²) < 4.78 is 5.59. The zero-order chi connectivity index (χ0) is 27.6. The summed E-state index contributed by atoms with van der Waals surface area (Å²) in [6.45, 7) is 7.27. The van der Waals surface area contributed by atoms with Crippen LogP contribution in [0.25, 0.3) is 22.4 Å². The molecule has 3 aromatic heterocycles. The molecule has 10 nitrogen and oxygen atoms in total. The highest BCUT2D eigenvalue weighted by Crippen LogP contribution is 2.34. The molecule has 1 N–H and O–H groups in total. The van der Waals surface area contributed by atoms with Crippen molar-refractivity contribution in [3.63, 3.8) is 0 Å². The van der Waals surface area contributed by atoms with E-state index in [0.717, 1.165) is 10.8 Å². The number of carbonyl (C=O) groups is 2. The van der Waals surface area contributed by atoms with Crippen molar-refractivity contribution < 1.29 is 14.0 Å². The van der Waals surface area contributed by atoms with Gasteiger partial charge >= 0.3 is 0 Å². The fourth-order valence-electron chi connectivity index (χ4n) is 4.40. The van der Waals surface area contributed by atoms with Crippen molar-refractivity contribution in [2.24, 2.45) is 0 Å². The SMILES string of the molecule is Cc1ccc(-c2nnn(CC(=O)N(c3cccc4ccccc34)C(C(=O)NC(C)(C)C)c3ccncc3)n2)o1. The fraction of sp³-hybridized carbons (Fsp3) is 0.241. The lowest BCUT2D eigenvalue weighted by molar-refractivity contribution is -0.128. The molecule has 3 heterocycles. The number of nitrogens with zero attached hydrogens (tertiary/aromatic N) is 6. The molecule has 0 spiro atoms. The molecule has 39 heavy (non-hydrogen) atoms. The van der Waals surface area contributed by atoms with Gasteiger partial charge in [0, 0.05) is 23.3 Å². The first-order valence-electron chi connectivity index (χ1n) is 12.6. The molecule has 2 aromatic carbocycles. The van der Waals surface area contributed by atoms with E-state index in [0.29, 0.717) is 22.8 Å². The summed E-state index contributed by atoms with van der Waals surface area (Å²) >= 11 is 0. The van der Waals surface area contributed by atoms with E-state index in [2.05, 4.69) is 25.7 Å². The van der Waals surface area contributed by atoms with Gasteiger partial charge in [-0.1, -0.05) is 36.4 Å². The Bertz CT molecular complexity index is 1610. The van der Waals surface area contributed by atoms with Crippen molar-refractivity contribution in [3.05, 3.63) is 90.4 Å². The Morgan fingerprint density at radius 1 is 1.00 bits per heavy atom. The number of aryl methyl sites for hydroxylation is 1. The van der Waals surface area contributed by atoms with Crippen LogP contribution in [0.4, 0.5) is 5.69 Å². The Morgan fingerprint density at radius 2 is 1.74 bits per heavy atom. The van der Waals surface area contributed by atoms with Crippen molar-refractivity contribution in [2.75, 3.05) is 4.90 Å². The molecular formula is C29H29N7O3. The number of pyridine rings is 1. The summed E-state index contributed by atoms with van der Waals surface area (Å²) in [5.74, 6) is 0.717. The lowest BCUT2D eigenvalue weighted by Crippen LogP contribution is -2.50. The van der Waals surface area contributed by atoms with Crippen molar-refractivity contribution >= 4 is 28.3 Å². The average molecular weight is 524 g/mol. The van der Waals surface area contributed by atoms with E-state index in [1.807, 2.05) is 70.2 Å². The Balaban J connectivity index is 1.61. The molecule has 0 aliphatic carbocycles. The quantitative estimate of drug-likeness (QED) is 0.334. The molecule has 10 heteroatoms. The highest BCUT2D eigenvalue weighted by molar-refractivity contribution is 6.07. The van der Waals surface area contributed by atoms with Gasteiger partial charge in [0.1, 0.15) is 18.3 Å². The summed E-state index contributed by atoms with van der Waals surface area (Å²) in [6.07, 6.45) is 3.21. The molecule has 198 valence electrons. The molecule has 2 amide bonds. The normalized spacial score (nSPS) is 12.3. The first-order chi connectivity index (χ1) is 18.7. The number of furan rings is 1. The minimum atomic E-state index is -0.985. The van der Waals surface area contributed by atoms with Gasteiger partial charge in [0.2, 0.25) is 11.7 Å². The molecule has 0 aliphatic rings. The molecule has 0 saturated carbocycles. The van der Waals surface area contributed by atoms with Gasteiger partial charge in [0.25, 0.3) is 5.91 Å². The summed E-state index contributed by atoms with van der Waals surface area (Å²) in [6, 6.07) is 19.5. The molecule has 1 atom stereocenters. The Labute approximate surface area is 225 Å². The summed E-state index contributed by atoms with van der Waals surface area (Å²) in [7, 11) is 0. The van der Waals surface area contributed by atoms with Crippen LogP contribution in [-0.2, 0) is 16.1 Å². The fourth-order valence-corrected chi connectivity index (χ4v) is 4.40. The van der Waals surface area contributed by atoms with Crippen LogP contribution >= 0.6 is 0 Å². The zero-order valence-electron chi connectivity index (χ0n) is 22.2. The summed E-state index contributed by atoms with van der Waals surface area (Å²) in [4.78, 5) is 34.9. The molecule has 5 rings (SSSR count). The lowest BCUT2D eigenvalue weighted by Gasteiger charge is -2.34. The van der Waals surface area contributed by atoms with Crippen molar-refractivity contribution in [3.8, 4) is 11.6 Å². The van der Waals surface area contributed by atoms with Gasteiger partial charge in [-0.2, -0.15) is 4.80 Å².